The first-order valence-corrected chi connectivity index (χ1v) is 9.01. The number of hydrogen-bond acceptors (Lipinski definition) is 6. The van der Waals surface area contributed by atoms with Crippen LogP contribution in [-0.2, 0) is 11.3 Å². The van der Waals surface area contributed by atoms with E-state index in [0.717, 1.165) is 10.3 Å². The van der Waals surface area contributed by atoms with Crippen molar-refractivity contribution in [3.63, 3.8) is 0 Å². The van der Waals surface area contributed by atoms with E-state index in [-0.39, 0.29) is 6.61 Å². The zero-order valence-electron chi connectivity index (χ0n) is 13.6. The first-order valence-electron chi connectivity index (χ1n) is 7.40. The third-order valence-corrected chi connectivity index (χ3v) is 4.88. The summed E-state index contributed by atoms with van der Waals surface area (Å²) in [5.41, 5.74) is 0.421. The van der Waals surface area contributed by atoms with Crippen molar-refractivity contribution >= 4 is 33.2 Å². The van der Waals surface area contributed by atoms with Crippen LogP contribution in [0, 0.1) is 0 Å². The van der Waals surface area contributed by atoms with Crippen molar-refractivity contribution in [3.8, 4) is 5.75 Å². The highest BCUT2D eigenvalue weighted by Gasteiger charge is 2.12. The largest absolute Gasteiger partial charge is 0.491 e. The van der Waals surface area contributed by atoms with E-state index in [4.69, 9.17) is 4.74 Å². The fourth-order valence-electron chi connectivity index (χ4n) is 2.20. The van der Waals surface area contributed by atoms with Crippen LogP contribution in [0.2, 0.25) is 0 Å². The van der Waals surface area contributed by atoms with Gasteiger partial charge in [-0.15, -0.1) is 11.3 Å². The molecule has 0 radical (unpaired) electrons. The monoisotopic (exact) mass is 413 g/mol. The third kappa shape index (κ3) is 5.90. The van der Waals surface area contributed by atoms with Crippen molar-refractivity contribution < 1.29 is 19.4 Å². The lowest BCUT2D eigenvalue weighted by molar-refractivity contribution is 0.0599. The van der Waals surface area contributed by atoms with Gasteiger partial charge < -0.3 is 14.6 Å². The van der Waals surface area contributed by atoms with Crippen LogP contribution in [-0.4, -0.2) is 49.4 Å². The van der Waals surface area contributed by atoms with Gasteiger partial charge in [0.25, 0.3) is 0 Å². The second-order valence-corrected chi connectivity index (χ2v) is 7.93. The maximum Gasteiger partial charge on any atom is 0.337 e. The van der Waals surface area contributed by atoms with Gasteiger partial charge in [0, 0.05) is 18.0 Å². The Hall–Kier alpha value is -1.41. The predicted molar refractivity (Wildman–Crippen MR) is 97.6 cm³/mol. The number of halogens is 1. The average molecular weight is 414 g/mol. The van der Waals surface area contributed by atoms with Gasteiger partial charge in [-0.3, -0.25) is 4.90 Å². The Kier molecular flexibility index (Phi) is 7.23. The molecule has 1 aromatic heterocycles. The second kappa shape index (κ2) is 9.17. The molecule has 0 unspecified atom stereocenters. The number of nitrogens with zero attached hydrogens (tertiary/aromatic N) is 1. The normalized spacial score (nSPS) is 12.2. The van der Waals surface area contributed by atoms with Crippen LogP contribution in [0.4, 0.5) is 0 Å². The molecule has 5 nitrogen and oxygen atoms in total. The molecule has 0 aliphatic rings. The summed E-state index contributed by atoms with van der Waals surface area (Å²) in [5, 5.41) is 10.1. The molecule has 130 valence electrons. The Balaban J connectivity index is 1.80. The summed E-state index contributed by atoms with van der Waals surface area (Å²) in [6.45, 7) is 1.42. The van der Waals surface area contributed by atoms with Gasteiger partial charge in [-0.2, -0.15) is 0 Å². The van der Waals surface area contributed by atoms with Gasteiger partial charge in [0.2, 0.25) is 0 Å². The molecule has 0 saturated heterocycles. The number of thiophene rings is 1. The number of ether oxygens (including phenoxy) is 2. The lowest BCUT2D eigenvalue weighted by Gasteiger charge is -2.20. The number of aliphatic hydroxyl groups excluding tert-OH is 1. The number of rotatable bonds is 8. The number of likely N-dealkylation sites (N-methyl/N-ethyl adjacent to an activating group) is 1. The van der Waals surface area contributed by atoms with Gasteiger partial charge >= 0.3 is 5.97 Å². The van der Waals surface area contributed by atoms with Crippen LogP contribution in [0.5, 0.6) is 5.75 Å². The lowest BCUT2D eigenvalue weighted by atomic mass is 10.2. The molecule has 24 heavy (non-hydrogen) atoms. The summed E-state index contributed by atoms with van der Waals surface area (Å²) < 4.78 is 11.3. The number of benzene rings is 1. The van der Waals surface area contributed by atoms with Crippen molar-refractivity contribution in [3.05, 3.63) is 50.6 Å². The Bertz CT molecular complexity index is 676. The number of carbonyl (C=O) groups is 1. The lowest BCUT2D eigenvalue weighted by Crippen LogP contribution is -2.32. The van der Waals surface area contributed by atoms with Gasteiger partial charge in [-0.25, -0.2) is 4.79 Å². The Morgan fingerprint density at radius 1 is 1.38 bits per heavy atom. The number of hydrogen-bond donors (Lipinski definition) is 1. The first-order chi connectivity index (χ1) is 11.5. The van der Waals surface area contributed by atoms with Crippen LogP contribution in [0.1, 0.15) is 15.2 Å². The van der Waals surface area contributed by atoms with Crippen LogP contribution < -0.4 is 4.74 Å². The molecule has 0 spiro atoms. The molecular weight excluding hydrogens is 394 g/mol. The zero-order chi connectivity index (χ0) is 17.5. The first kappa shape index (κ1) is 18.9. The molecule has 1 aromatic carbocycles. The summed E-state index contributed by atoms with van der Waals surface area (Å²) >= 11 is 5.12. The minimum absolute atomic E-state index is 0.156. The molecule has 0 aliphatic heterocycles. The molecule has 0 fully saturated rings. The minimum atomic E-state index is -0.625. The number of esters is 1. The fraction of sp³-hybridized carbons (Fsp3) is 0.353. The molecule has 0 saturated carbocycles. The van der Waals surface area contributed by atoms with Gasteiger partial charge in [-0.05, 0) is 53.3 Å². The molecular formula is C17H20BrNO4S. The van der Waals surface area contributed by atoms with Crippen molar-refractivity contribution in [2.24, 2.45) is 0 Å². The van der Waals surface area contributed by atoms with Crippen LogP contribution in [0.15, 0.2) is 40.2 Å². The van der Waals surface area contributed by atoms with E-state index in [9.17, 15) is 9.90 Å². The fourth-order valence-corrected chi connectivity index (χ4v) is 3.77. The Morgan fingerprint density at radius 3 is 2.83 bits per heavy atom. The van der Waals surface area contributed by atoms with Crippen LogP contribution in [0.25, 0.3) is 0 Å². The maximum absolute atomic E-state index is 11.5. The number of methoxy groups -OCH3 is 1. The van der Waals surface area contributed by atoms with Crippen LogP contribution in [0.3, 0.4) is 0 Å². The van der Waals surface area contributed by atoms with Crippen molar-refractivity contribution in [2.75, 3.05) is 27.3 Å². The average Bonchev–Trinajstić information content (AvgIpc) is 2.97. The van der Waals surface area contributed by atoms with E-state index in [0.29, 0.717) is 17.9 Å². The zero-order valence-corrected chi connectivity index (χ0v) is 16.0. The van der Waals surface area contributed by atoms with Gasteiger partial charge in [0.15, 0.2) is 0 Å². The Morgan fingerprint density at radius 2 is 2.17 bits per heavy atom. The van der Waals surface area contributed by atoms with Crippen molar-refractivity contribution in [2.45, 2.75) is 12.6 Å². The summed E-state index contributed by atoms with van der Waals surface area (Å²) in [6, 6.07) is 10.8. The van der Waals surface area contributed by atoms with E-state index in [1.54, 1.807) is 35.6 Å². The van der Waals surface area contributed by atoms with Crippen LogP contribution >= 0.6 is 27.3 Å². The number of carbonyl (C=O) groups excluding carboxylic acids is 1. The summed E-state index contributed by atoms with van der Waals surface area (Å²) in [4.78, 5) is 14.8. The molecule has 2 aromatic rings. The second-order valence-electron chi connectivity index (χ2n) is 5.39. The molecule has 1 heterocycles. The standard InChI is InChI=1S/C17H20BrNO4S/c1-19(10-15-6-7-16(18)24-15)9-13(20)11-23-14-5-3-4-12(8-14)17(21)22-2/h3-8,13,20H,9-11H2,1-2H3/t13-/m1/s1. The van der Waals surface area contributed by atoms with E-state index in [1.807, 2.05) is 18.0 Å². The third-order valence-electron chi connectivity index (χ3n) is 3.27. The highest BCUT2D eigenvalue weighted by atomic mass is 79.9. The summed E-state index contributed by atoms with van der Waals surface area (Å²) in [7, 11) is 3.29. The maximum atomic E-state index is 11.5. The van der Waals surface area contributed by atoms with E-state index in [2.05, 4.69) is 26.7 Å². The van der Waals surface area contributed by atoms with E-state index >= 15 is 0 Å². The SMILES string of the molecule is COC(=O)c1cccc(OC[C@H](O)CN(C)Cc2ccc(Br)s2)c1. The summed E-state index contributed by atoms with van der Waals surface area (Å²) in [6.07, 6.45) is -0.625. The molecule has 0 aliphatic carbocycles. The Labute approximate surface area is 153 Å². The summed E-state index contributed by atoms with van der Waals surface area (Å²) in [5.74, 6) is 0.115. The molecule has 0 bridgehead atoms. The van der Waals surface area contributed by atoms with E-state index < -0.39 is 12.1 Å². The molecule has 1 N–H and O–H groups in total. The molecule has 0 amide bonds. The van der Waals surface area contributed by atoms with Gasteiger partial charge in [0.1, 0.15) is 18.5 Å². The molecule has 7 heteroatoms. The topological polar surface area (TPSA) is 59.0 Å². The highest BCUT2D eigenvalue weighted by molar-refractivity contribution is 9.11. The minimum Gasteiger partial charge on any atom is -0.491 e. The van der Waals surface area contributed by atoms with Gasteiger partial charge in [0.05, 0.1) is 16.5 Å². The van der Waals surface area contributed by atoms with Crippen molar-refractivity contribution in [1.82, 2.24) is 4.90 Å². The van der Waals surface area contributed by atoms with E-state index in [1.165, 1.54) is 12.0 Å². The smallest absolute Gasteiger partial charge is 0.337 e. The van der Waals surface area contributed by atoms with Gasteiger partial charge in [-0.1, -0.05) is 6.07 Å². The quantitative estimate of drug-likeness (QED) is 0.673. The number of aliphatic hydroxyl groups is 1. The molecule has 1 atom stereocenters. The molecule has 2 rings (SSSR count). The van der Waals surface area contributed by atoms with Crippen molar-refractivity contribution in [1.29, 1.82) is 0 Å². The highest BCUT2D eigenvalue weighted by Crippen LogP contribution is 2.23. The predicted octanol–water partition coefficient (Wildman–Crippen LogP) is 3.17.